The van der Waals surface area contributed by atoms with Crippen molar-refractivity contribution < 1.29 is 4.39 Å². The lowest BCUT2D eigenvalue weighted by Gasteiger charge is -2.21. The van der Waals surface area contributed by atoms with Crippen LogP contribution in [-0.4, -0.2) is 6.54 Å². The van der Waals surface area contributed by atoms with Gasteiger partial charge in [-0.3, -0.25) is 0 Å². The normalized spacial score (nSPS) is 12.7. The molecule has 0 fully saturated rings. The van der Waals surface area contributed by atoms with Crippen molar-refractivity contribution in [3.63, 3.8) is 0 Å². The summed E-state index contributed by atoms with van der Waals surface area (Å²) in [5.74, 6) is -0.150. The van der Waals surface area contributed by atoms with Gasteiger partial charge >= 0.3 is 0 Å². The van der Waals surface area contributed by atoms with Gasteiger partial charge in [0.25, 0.3) is 0 Å². The monoisotopic (exact) mass is 419 g/mol. The van der Waals surface area contributed by atoms with Crippen molar-refractivity contribution in [1.82, 2.24) is 5.32 Å². The van der Waals surface area contributed by atoms with Gasteiger partial charge in [-0.2, -0.15) is 0 Å². The van der Waals surface area contributed by atoms with Crippen molar-refractivity contribution in [2.75, 3.05) is 6.54 Å². The lowest BCUT2D eigenvalue weighted by molar-refractivity contribution is 0.555. The topological polar surface area (TPSA) is 12.0 Å². The predicted octanol–water partition coefficient (Wildman–Crippen LogP) is 5.73. The van der Waals surface area contributed by atoms with Gasteiger partial charge in [-0.05, 0) is 81.1 Å². The van der Waals surface area contributed by atoms with Crippen molar-refractivity contribution in [1.29, 1.82) is 0 Å². The molecule has 2 aromatic rings. The highest BCUT2D eigenvalue weighted by Crippen LogP contribution is 2.39. The number of benzene rings is 1. The number of thiophene rings is 1. The van der Waals surface area contributed by atoms with E-state index in [9.17, 15) is 4.39 Å². The summed E-state index contributed by atoms with van der Waals surface area (Å²) in [6, 6.07) is 5.53. The Kier molecular flexibility index (Phi) is 5.40. The molecule has 5 heteroatoms. The molecule has 0 aliphatic rings. The lowest BCUT2D eigenvalue weighted by atomic mass is 9.94. The van der Waals surface area contributed by atoms with E-state index in [0.29, 0.717) is 0 Å². The van der Waals surface area contributed by atoms with Crippen molar-refractivity contribution >= 4 is 43.2 Å². The summed E-state index contributed by atoms with van der Waals surface area (Å²) in [5, 5.41) is 3.39. The summed E-state index contributed by atoms with van der Waals surface area (Å²) >= 11 is 8.67. The van der Waals surface area contributed by atoms with Crippen LogP contribution in [0.25, 0.3) is 0 Å². The van der Waals surface area contributed by atoms with Crippen LogP contribution in [0, 0.1) is 19.7 Å². The highest BCUT2D eigenvalue weighted by atomic mass is 79.9. The Morgan fingerprint density at radius 1 is 1.25 bits per heavy atom. The summed E-state index contributed by atoms with van der Waals surface area (Å²) in [6.45, 7) is 6.69. The summed E-state index contributed by atoms with van der Waals surface area (Å²) in [7, 11) is 0. The van der Waals surface area contributed by atoms with E-state index in [-0.39, 0.29) is 11.9 Å². The van der Waals surface area contributed by atoms with Crippen molar-refractivity contribution in [2.45, 2.75) is 26.8 Å². The van der Waals surface area contributed by atoms with Gasteiger partial charge in [-0.25, -0.2) is 4.39 Å². The van der Waals surface area contributed by atoms with Crippen LogP contribution >= 0.6 is 43.2 Å². The molecule has 20 heavy (non-hydrogen) atoms. The first-order chi connectivity index (χ1) is 9.43. The number of hydrogen-bond acceptors (Lipinski definition) is 2. The third-order valence-corrected chi connectivity index (χ3v) is 5.56. The SMILES string of the molecule is CCNC(c1cc(Br)sc1Br)c1c(C)cc(C)cc1F. The van der Waals surface area contributed by atoms with Gasteiger partial charge in [0.2, 0.25) is 0 Å². The molecule has 0 aliphatic heterocycles. The molecule has 1 aromatic heterocycles. The highest BCUT2D eigenvalue weighted by molar-refractivity contribution is 9.12. The Morgan fingerprint density at radius 3 is 2.45 bits per heavy atom. The first-order valence-corrected chi connectivity index (χ1v) is 8.79. The molecule has 1 atom stereocenters. The Labute approximate surface area is 139 Å². The molecule has 1 N–H and O–H groups in total. The van der Waals surface area contributed by atoms with Crippen LogP contribution in [0.2, 0.25) is 0 Å². The van der Waals surface area contributed by atoms with E-state index >= 15 is 0 Å². The minimum Gasteiger partial charge on any atom is -0.306 e. The highest BCUT2D eigenvalue weighted by Gasteiger charge is 2.23. The Bertz CT molecular complexity index is 601. The summed E-state index contributed by atoms with van der Waals surface area (Å²) in [6.07, 6.45) is 0. The summed E-state index contributed by atoms with van der Waals surface area (Å²) < 4.78 is 16.5. The van der Waals surface area contributed by atoms with E-state index in [1.165, 1.54) is 0 Å². The minimum atomic E-state index is -0.150. The van der Waals surface area contributed by atoms with E-state index in [2.05, 4.69) is 37.2 Å². The van der Waals surface area contributed by atoms with Crippen LogP contribution in [0.15, 0.2) is 25.8 Å². The molecule has 0 aliphatic carbocycles. The maximum Gasteiger partial charge on any atom is 0.128 e. The third-order valence-electron chi connectivity index (χ3n) is 3.17. The van der Waals surface area contributed by atoms with Crippen LogP contribution in [0.5, 0.6) is 0 Å². The first kappa shape index (κ1) is 16.1. The van der Waals surface area contributed by atoms with E-state index < -0.39 is 0 Å². The molecule has 2 rings (SSSR count). The fraction of sp³-hybridized carbons (Fsp3) is 0.333. The van der Waals surface area contributed by atoms with Gasteiger partial charge in [0, 0.05) is 5.56 Å². The van der Waals surface area contributed by atoms with Gasteiger partial charge in [0.05, 0.1) is 13.6 Å². The largest absolute Gasteiger partial charge is 0.306 e. The molecule has 1 unspecified atom stereocenters. The van der Waals surface area contributed by atoms with Crippen molar-refractivity contribution in [3.8, 4) is 0 Å². The van der Waals surface area contributed by atoms with E-state index in [0.717, 1.165) is 36.4 Å². The molecular formula is C15H16Br2FNS. The Morgan fingerprint density at radius 2 is 1.95 bits per heavy atom. The van der Waals surface area contributed by atoms with E-state index in [1.807, 2.05) is 32.9 Å². The molecule has 1 aromatic carbocycles. The maximum absolute atomic E-state index is 14.4. The maximum atomic E-state index is 14.4. The van der Waals surface area contributed by atoms with Gasteiger partial charge in [0.1, 0.15) is 5.82 Å². The number of nitrogens with one attached hydrogen (secondary N) is 1. The smallest absolute Gasteiger partial charge is 0.128 e. The second kappa shape index (κ2) is 6.69. The Balaban J connectivity index is 2.57. The van der Waals surface area contributed by atoms with Gasteiger partial charge in [0.15, 0.2) is 0 Å². The number of rotatable bonds is 4. The second-order valence-corrected chi connectivity index (χ2v) is 8.50. The number of hydrogen-bond donors (Lipinski definition) is 1. The van der Waals surface area contributed by atoms with Crippen LogP contribution in [0.1, 0.15) is 35.2 Å². The van der Waals surface area contributed by atoms with Gasteiger partial charge in [-0.1, -0.05) is 13.0 Å². The zero-order valence-electron chi connectivity index (χ0n) is 11.6. The summed E-state index contributed by atoms with van der Waals surface area (Å²) in [4.78, 5) is 0. The van der Waals surface area contributed by atoms with Crippen molar-refractivity contribution in [3.05, 3.63) is 53.8 Å². The molecular weight excluding hydrogens is 405 g/mol. The average molecular weight is 421 g/mol. The van der Waals surface area contributed by atoms with E-state index in [1.54, 1.807) is 17.4 Å². The minimum absolute atomic E-state index is 0.141. The molecule has 1 heterocycles. The zero-order chi connectivity index (χ0) is 14.9. The average Bonchev–Trinajstić information content (AvgIpc) is 2.66. The van der Waals surface area contributed by atoms with Crippen LogP contribution < -0.4 is 5.32 Å². The second-order valence-electron chi connectivity index (χ2n) is 4.75. The van der Waals surface area contributed by atoms with Crippen molar-refractivity contribution in [2.24, 2.45) is 0 Å². The molecule has 1 nitrogen and oxygen atoms in total. The van der Waals surface area contributed by atoms with Crippen LogP contribution in [-0.2, 0) is 0 Å². The molecule has 0 radical (unpaired) electrons. The van der Waals surface area contributed by atoms with Gasteiger partial charge in [-0.15, -0.1) is 11.3 Å². The number of halogens is 3. The van der Waals surface area contributed by atoms with Gasteiger partial charge < -0.3 is 5.32 Å². The molecule has 108 valence electrons. The quantitative estimate of drug-likeness (QED) is 0.665. The molecule has 0 saturated heterocycles. The molecule has 0 bridgehead atoms. The Hall–Kier alpha value is -0.230. The zero-order valence-corrected chi connectivity index (χ0v) is 15.5. The predicted molar refractivity (Wildman–Crippen MR) is 91.1 cm³/mol. The first-order valence-electron chi connectivity index (χ1n) is 6.38. The standard InChI is InChI=1S/C15H16Br2FNS/c1-4-19-14(10-7-12(16)20-15(10)17)13-9(3)5-8(2)6-11(13)18/h5-7,14,19H,4H2,1-3H3. The van der Waals surface area contributed by atoms with E-state index in [4.69, 9.17) is 0 Å². The van der Waals surface area contributed by atoms with Crippen LogP contribution in [0.3, 0.4) is 0 Å². The third kappa shape index (κ3) is 3.32. The summed E-state index contributed by atoms with van der Waals surface area (Å²) in [5.41, 5.74) is 3.71. The molecule has 0 saturated carbocycles. The fourth-order valence-corrected chi connectivity index (χ4v) is 5.32. The number of aryl methyl sites for hydroxylation is 2. The van der Waals surface area contributed by atoms with Crippen LogP contribution in [0.4, 0.5) is 4.39 Å². The molecule has 0 spiro atoms. The lowest BCUT2D eigenvalue weighted by Crippen LogP contribution is -2.24. The fourth-order valence-electron chi connectivity index (χ4n) is 2.41. The molecule has 0 amide bonds.